The van der Waals surface area contributed by atoms with Crippen molar-refractivity contribution in [3.05, 3.63) is 40.4 Å². The fraction of sp³-hybridized carbons (Fsp3) is 0.273. The molecule has 0 unspecified atom stereocenters. The molecule has 1 nitrogen and oxygen atoms in total. The third-order valence-corrected chi connectivity index (χ3v) is 2.15. The number of hydrogen-bond donors (Lipinski definition) is 1. The molecule has 0 atom stereocenters. The molecule has 1 aromatic rings. The Labute approximate surface area is 83.7 Å². The number of benzene rings is 1. The van der Waals surface area contributed by atoms with Gasteiger partial charge in [-0.2, -0.15) is 0 Å². The second-order valence-corrected chi connectivity index (χ2v) is 3.30. The van der Waals surface area contributed by atoms with Gasteiger partial charge in [0.25, 0.3) is 0 Å². The van der Waals surface area contributed by atoms with Gasteiger partial charge >= 0.3 is 0 Å². The fourth-order valence-corrected chi connectivity index (χ4v) is 1.18. The summed E-state index contributed by atoms with van der Waals surface area (Å²) in [7, 11) is 0. The maximum absolute atomic E-state index is 8.95. The maximum atomic E-state index is 8.95. The average Bonchev–Trinajstić information content (AvgIpc) is 2.17. The molecule has 0 radical (unpaired) electrons. The van der Waals surface area contributed by atoms with Crippen molar-refractivity contribution in [2.45, 2.75) is 13.3 Å². The van der Waals surface area contributed by atoms with Crippen LogP contribution < -0.4 is 0 Å². The predicted octanol–water partition coefficient (Wildman–Crippen LogP) is 3.13. The van der Waals surface area contributed by atoms with Crippen LogP contribution in [0.5, 0.6) is 0 Å². The summed E-state index contributed by atoms with van der Waals surface area (Å²) in [5, 5.41) is 9.68. The van der Waals surface area contributed by atoms with E-state index in [-0.39, 0.29) is 6.61 Å². The zero-order valence-electron chi connectivity index (χ0n) is 7.63. The fourth-order valence-electron chi connectivity index (χ4n) is 1.05. The Bertz CT molecular complexity index is 281. The van der Waals surface area contributed by atoms with Crippen molar-refractivity contribution in [1.29, 1.82) is 0 Å². The first-order chi connectivity index (χ1) is 6.26. The zero-order chi connectivity index (χ0) is 9.68. The first-order valence-electron chi connectivity index (χ1n) is 4.32. The van der Waals surface area contributed by atoms with Crippen LogP contribution in [0.4, 0.5) is 0 Å². The molecule has 0 aromatic heterocycles. The summed E-state index contributed by atoms with van der Waals surface area (Å²) in [6, 6.07) is 7.57. The second kappa shape index (κ2) is 5.05. The van der Waals surface area contributed by atoms with Crippen molar-refractivity contribution in [3.63, 3.8) is 0 Å². The number of rotatable bonds is 3. The van der Waals surface area contributed by atoms with Crippen molar-refractivity contribution in [3.8, 4) is 0 Å². The van der Waals surface area contributed by atoms with Crippen molar-refractivity contribution < 1.29 is 5.11 Å². The summed E-state index contributed by atoms with van der Waals surface area (Å²) in [4.78, 5) is 0. The first kappa shape index (κ1) is 10.3. The molecule has 0 heterocycles. The quantitative estimate of drug-likeness (QED) is 0.788. The summed E-state index contributed by atoms with van der Waals surface area (Å²) in [6.45, 7) is 2.15. The largest absolute Gasteiger partial charge is 0.392 e. The van der Waals surface area contributed by atoms with E-state index in [9.17, 15) is 0 Å². The number of halogens is 1. The summed E-state index contributed by atoms with van der Waals surface area (Å²) in [5.74, 6) is 0. The molecule has 0 fully saturated rings. The van der Waals surface area contributed by atoms with E-state index in [0.29, 0.717) is 0 Å². The van der Waals surface area contributed by atoms with Gasteiger partial charge in [-0.25, -0.2) is 0 Å². The van der Waals surface area contributed by atoms with Gasteiger partial charge in [0, 0.05) is 5.02 Å². The van der Waals surface area contributed by atoms with E-state index in [1.54, 1.807) is 0 Å². The van der Waals surface area contributed by atoms with Gasteiger partial charge in [0.15, 0.2) is 0 Å². The van der Waals surface area contributed by atoms with Gasteiger partial charge in [0.1, 0.15) is 0 Å². The van der Waals surface area contributed by atoms with Crippen LogP contribution in [0.1, 0.15) is 18.9 Å². The van der Waals surface area contributed by atoms with E-state index in [2.05, 4.69) is 0 Å². The summed E-state index contributed by atoms with van der Waals surface area (Å²) >= 11 is 5.75. The monoisotopic (exact) mass is 196 g/mol. The maximum Gasteiger partial charge on any atom is 0.0644 e. The highest BCUT2D eigenvalue weighted by molar-refractivity contribution is 6.30. The Hall–Kier alpha value is -0.790. The molecule has 0 amide bonds. The van der Waals surface area contributed by atoms with Crippen LogP contribution in [0.25, 0.3) is 6.08 Å². The highest BCUT2D eigenvalue weighted by Crippen LogP contribution is 2.13. The minimum absolute atomic E-state index is 0.124. The zero-order valence-corrected chi connectivity index (χ0v) is 8.38. The topological polar surface area (TPSA) is 20.2 Å². The lowest BCUT2D eigenvalue weighted by Gasteiger charge is -1.99. The predicted molar refractivity (Wildman–Crippen MR) is 56.8 cm³/mol. The summed E-state index contributed by atoms with van der Waals surface area (Å²) in [5.41, 5.74) is 2.11. The lowest BCUT2D eigenvalue weighted by atomic mass is 10.1. The third kappa shape index (κ3) is 3.21. The molecule has 13 heavy (non-hydrogen) atoms. The summed E-state index contributed by atoms with van der Waals surface area (Å²) < 4.78 is 0. The molecule has 0 saturated heterocycles. The van der Waals surface area contributed by atoms with Gasteiger partial charge < -0.3 is 5.11 Å². The number of aliphatic hydroxyl groups is 1. The van der Waals surface area contributed by atoms with Crippen molar-refractivity contribution in [2.75, 3.05) is 6.61 Å². The van der Waals surface area contributed by atoms with Gasteiger partial charge in [-0.15, -0.1) is 0 Å². The van der Waals surface area contributed by atoms with E-state index >= 15 is 0 Å². The van der Waals surface area contributed by atoms with Crippen molar-refractivity contribution >= 4 is 17.7 Å². The standard InChI is InChI=1S/C11H13ClO/c1-2-9(8-13)7-10-3-5-11(12)6-4-10/h3-7,13H,2,8H2,1H3. The number of hydrogen-bond acceptors (Lipinski definition) is 1. The Morgan fingerprint density at radius 2 is 2.00 bits per heavy atom. The molecule has 1 aromatic carbocycles. The van der Waals surface area contributed by atoms with E-state index < -0.39 is 0 Å². The normalized spacial score (nSPS) is 11.8. The molecular weight excluding hydrogens is 184 g/mol. The van der Waals surface area contributed by atoms with Crippen LogP contribution >= 0.6 is 11.6 Å². The molecule has 0 aliphatic carbocycles. The molecular formula is C11H13ClO. The van der Waals surface area contributed by atoms with E-state index in [0.717, 1.165) is 22.6 Å². The Morgan fingerprint density at radius 1 is 1.38 bits per heavy atom. The van der Waals surface area contributed by atoms with E-state index in [1.165, 1.54) is 0 Å². The van der Waals surface area contributed by atoms with Gasteiger partial charge in [-0.1, -0.05) is 36.7 Å². The van der Waals surface area contributed by atoms with Gasteiger partial charge in [0.2, 0.25) is 0 Å². The SMILES string of the molecule is CCC(=Cc1ccc(Cl)cc1)CO. The van der Waals surface area contributed by atoms with E-state index in [1.807, 2.05) is 37.3 Å². The van der Waals surface area contributed by atoms with Crippen LogP contribution in [0.15, 0.2) is 29.8 Å². The highest BCUT2D eigenvalue weighted by Gasteiger charge is 1.93. The van der Waals surface area contributed by atoms with E-state index in [4.69, 9.17) is 16.7 Å². The molecule has 1 rings (SSSR count). The lowest BCUT2D eigenvalue weighted by molar-refractivity contribution is 0.329. The van der Waals surface area contributed by atoms with Crippen LogP contribution in [0.3, 0.4) is 0 Å². The minimum atomic E-state index is 0.124. The van der Waals surface area contributed by atoms with Crippen LogP contribution in [0.2, 0.25) is 5.02 Å². The molecule has 1 N–H and O–H groups in total. The molecule has 70 valence electrons. The van der Waals surface area contributed by atoms with Crippen LogP contribution in [-0.4, -0.2) is 11.7 Å². The Morgan fingerprint density at radius 3 is 2.46 bits per heavy atom. The Balaban J connectivity index is 2.84. The highest BCUT2D eigenvalue weighted by atomic mass is 35.5. The third-order valence-electron chi connectivity index (χ3n) is 1.90. The molecule has 0 bridgehead atoms. The van der Waals surface area contributed by atoms with Crippen LogP contribution in [0, 0.1) is 0 Å². The smallest absolute Gasteiger partial charge is 0.0644 e. The molecule has 2 heteroatoms. The molecule has 0 aliphatic rings. The van der Waals surface area contributed by atoms with Gasteiger partial charge in [-0.05, 0) is 29.7 Å². The van der Waals surface area contributed by atoms with Gasteiger partial charge in [0.05, 0.1) is 6.61 Å². The Kier molecular flexibility index (Phi) is 4.00. The molecule has 0 saturated carbocycles. The minimum Gasteiger partial charge on any atom is -0.392 e. The van der Waals surface area contributed by atoms with Crippen molar-refractivity contribution in [1.82, 2.24) is 0 Å². The number of aliphatic hydroxyl groups excluding tert-OH is 1. The first-order valence-corrected chi connectivity index (χ1v) is 4.70. The van der Waals surface area contributed by atoms with Crippen LogP contribution in [-0.2, 0) is 0 Å². The lowest BCUT2D eigenvalue weighted by Crippen LogP contribution is -1.87. The average molecular weight is 197 g/mol. The second-order valence-electron chi connectivity index (χ2n) is 2.87. The molecule has 0 spiro atoms. The summed E-state index contributed by atoms with van der Waals surface area (Å²) in [6.07, 6.45) is 2.86. The molecule has 0 aliphatic heterocycles. The van der Waals surface area contributed by atoms with Crippen molar-refractivity contribution in [2.24, 2.45) is 0 Å². The van der Waals surface area contributed by atoms with Gasteiger partial charge in [-0.3, -0.25) is 0 Å².